The zero-order valence-electron chi connectivity index (χ0n) is 14.5. The molecule has 0 spiro atoms. The number of hydrogen-bond donors (Lipinski definition) is 1. The molecule has 7 nitrogen and oxygen atoms in total. The van der Waals surface area contributed by atoms with E-state index in [1.807, 2.05) is 0 Å². The fourth-order valence-corrected chi connectivity index (χ4v) is 3.04. The van der Waals surface area contributed by atoms with Gasteiger partial charge in [0.25, 0.3) is 5.91 Å². The van der Waals surface area contributed by atoms with E-state index in [0.29, 0.717) is 11.4 Å². The Morgan fingerprint density at radius 2 is 1.69 bits per heavy atom. The van der Waals surface area contributed by atoms with Gasteiger partial charge in [-0.05, 0) is 36.4 Å². The van der Waals surface area contributed by atoms with E-state index in [4.69, 9.17) is 10.5 Å². The standard InChI is InChI=1S/C18H20N2O5S/c1-25-16-6-4-3-5-15(16)20(12-11-17(19)21)18(22)13-7-9-14(10-8-13)26(2,23)24/h3-10H,11-12H2,1-2H3,(H2,19,21). The van der Waals surface area contributed by atoms with Crippen LogP contribution in [0.25, 0.3) is 0 Å². The predicted molar refractivity (Wildman–Crippen MR) is 98.0 cm³/mol. The highest BCUT2D eigenvalue weighted by atomic mass is 32.2. The van der Waals surface area contributed by atoms with Crippen LogP contribution in [0.5, 0.6) is 5.75 Å². The van der Waals surface area contributed by atoms with Gasteiger partial charge in [-0.2, -0.15) is 0 Å². The fraction of sp³-hybridized carbons (Fsp3) is 0.222. The summed E-state index contributed by atoms with van der Waals surface area (Å²) in [5.74, 6) is -0.459. The highest BCUT2D eigenvalue weighted by Crippen LogP contribution is 2.29. The number of primary amides is 1. The number of para-hydroxylation sites is 2. The van der Waals surface area contributed by atoms with Gasteiger partial charge in [0.05, 0.1) is 17.7 Å². The molecule has 0 aliphatic heterocycles. The Balaban J connectivity index is 2.41. The third-order valence-corrected chi connectivity index (χ3v) is 4.86. The molecule has 2 amide bonds. The Bertz CT molecular complexity index is 907. The third kappa shape index (κ3) is 4.60. The fourth-order valence-electron chi connectivity index (χ4n) is 2.41. The molecule has 0 unspecified atom stereocenters. The van der Waals surface area contributed by atoms with Crippen molar-refractivity contribution >= 4 is 27.3 Å². The van der Waals surface area contributed by atoms with E-state index in [1.165, 1.54) is 36.3 Å². The van der Waals surface area contributed by atoms with E-state index in [-0.39, 0.29) is 23.4 Å². The molecule has 2 rings (SSSR count). The largest absolute Gasteiger partial charge is 0.495 e. The normalized spacial score (nSPS) is 11.0. The lowest BCUT2D eigenvalue weighted by atomic mass is 10.1. The number of carbonyl (C=O) groups excluding carboxylic acids is 2. The number of anilines is 1. The lowest BCUT2D eigenvalue weighted by Gasteiger charge is -2.24. The molecule has 0 fully saturated rings. The molecule has 0 bridgehead atoms. The van der Waals surface area contributed by atoms with Crippen molar-refractivity contribution in [3.8, 4) is 5.75 Å². The molecule has 0 heterocycles. The van der Waals surface area contributed by atoms with Crippen LogP contribution in [-0.2, 0) is 14.6 Å². The molecule has 2 aromatic rings. The molecule has 0 aliphatic carbocycles. The molecule has 0 saturated carbocycles. The van der Waals surface area contributed by atoms with Gasteiger partial charge in [0.2, 0.25) is 5.91 Å². The molecule has 26 heavy (non-hydrogen) atoms. The molecule has 8 heteroatoms. The van der Waals surface area contributed by atoms with Crippen LogP contribution in [0.3, 0.4) is 0 Å². The molecule has 2 aromatic carbocycles. The number of methoxy groups -OCH3 is 1. The zero-order chi connectivity index (χ0) is 19.3. The molecule has 0 aliphatic rings. The summed E-state index contributed by atoms with van der Waals surface area (Å²) in [6, 6.07) is 12.5. The Kier molecular flexibility index (Phi) is 5.99. The van der Waals surface area contributed by atoms with Crippen molar-refractivity contribution < 1.29 is 22.7 Å². The van der Waals surface area contributed by atoms with Crippen LogP contribution in [0.15, 0.2) is 53.4 Å². The highest BCUT2D eigenvalue weighted by molar-refractivity contribution is 7.90. The van der Waals surface area contributed by atoms with Gasteiger partial charge in [-0.15, -0.1) is 0 Å². The number of nitrogens with zero attached hydrogens (tertiary/aromatic N) is 1. The van der Waals surface area contributed by atoms with Gasteiger partial charge in [0, 0.05) is 24.8 Å². The summed E-state index contributed by atoms with van der Waals surface area (Å²) in [4.78, 5) is 25.7. The first-order chi connectivity index (χ1) is 12.2. The SMILES string of the molecule is COc1ccccc1N(CCC(N)=O)C(=O)c1ccc(S(C)(=O)=O)cc1. The average Bonchev–Trinajstić information content (AvgIpc) is 2.61. The maximum absolute atomic E-state index is 13.0. The predicted octanol–water partition coefficient (Wildman–Crippen LogP) is 1.62. The van der Waals surface area contributed by atoms with Gasteiger partial charge in [0.1, 0.15) is 5.75 Å². The lowest BCUT2D eigenvalue weighted by Crippen LogP contribution is -2.34. The van der Waals surface area contributed by atoms with Crippen LogP contribution in [0.2, 0.25) is 0 Å². The van der Waals surface area contributed by atoms with Crippen LogP contribution in [0, 0.1) is 0 Å². The van der Waals surface area contributed by atoms with Crippen molar-refractivity contribution in [3.05, 3.63) is 54.1 Å². The van der Waals surface area contributed by atoms with E-state index in [9.17, 15) is 18.0 Å². The van der Waals surface area contributed by atoms with Gasteiger partial charge in [-0.3, -0.25) is 9.59 Å². The number of ether oxygens (including phenoxy) is 1. The van der Waals surface area contributed by atoms with Crippen LogP contribution in [0.1, 0.15) is 16.8 Å². The maximum Gasteiger partial charge on any atom is 0.258 e. The topological polar surface area (TPSA) is 107 Å². The van der Waals surface area contributed by atoms with Crippen molar-refractivity contribution in [1.29, 1.82) is 0 Å². The summed E-state index contributed by atoms with van der Waals surface area (Å²) in [5.41, 5.74) is 6.00. The van der Waals surface area contributed by atoms with E-state index < -0.39 is 21.7 Å². The summed E-state index contributed by atoms with van der Waals surface area (Å²) in [6.07, 6.45) is 1.07. The molecule has 0 atom stereocenters. The van der Waals surface area contributed by atoms with Crippen molar-refractivity contribution in [3.63, 3.8) is 0 Å². The number of amides is 2. The van der Waals surface area contributed by atoms with Gasteiger partial charge < -0.3 is 15.4 Å². The summed E-state index contributed by atoms with van der Waals surface area (Å²) in [5, 5.41) is 0. The zero-order valence-corrected chi connectivity index (χ0v) is 15.3. The second-order valence-electron chi connectivity index (χ2n) is 5.64. The monoisotopic (exact) mass is 376 g/mol. The quantitative estimate of drug-likeness (QED) is 0.790. The summed E-state index contributed by atoms with van der Waals surface area (Å²) < 4.78 is 28.4. The number of carbonyl (C=O) groups is 2. The smallest absolute Gasteiger partial charge is 0.258 e. The minimum Gasteiger partial charge on any atom is -0.495 e. The highest BCUT2D eigenvalue weighted by Gasteiger charge is 2.21. The minimum atomic E-state index is -3.36. The summed E-state index contributed by atoms with van der Waals surface area (Å²) in [6.45, 7) is 0.0718. The Hall–Kier alpha value is -2.87. The number of benzene rings is 2. The van der Waals surface area contributed by atoms with Gasteiger partial charge >= 0.3 is 0 Å². The number of sulfone groups is 1. The molecule has 0 saturated heterocycles. The molecular weight excluding hydrogens is 356 g/mol. The second kappa shape index (κ2) is 8.01. The first-order valence-electron chi connectivity index (χ1n) is 7.77. The van der Waals surface area contributed by atoms with E-state index >= 15 is 0 Å². The first kappa shape index (κ1) is 19.5. The number of rotatable bonds is 7. The van der Waals surface area contributed by atoms with Crippen LogP contribution in [0.4, 0.5) is 5.69 Å². The van der Waals surface area contributed by atoms with Crippen molar-refractivity contribution in [2.45, 2.75) is 11.3 Å². The molecule has 0 radical (unpaired) electrons. The van der Waals surface area contributed by atoms with Gasteiger partial charge in [0.15, 0.2) is 9.84 Å². The van der Waals surface area contributed by atoms with Crippen LogP contribution in [-0.4, -0.2) is 40.1 Å². The Morgan fingerprint density at radius 1 is 1.08 bits per heavy atom. The molecule has 138 valence electrons. The average molecular weight is 376 g/mol. The minimum absolute atomic E-state index is 0.0226. The number of hydrogen-bond acceptors (Lipinski definition) is 5. The van der Waals surface area contributed by atoms with Crippen LogP contribution >= 0.6 is 0 Å². The van der Waals surface area contributed by atoms with Gasteiger partial charge in [-0.25, -0.2) is 8.42 Å². The van der Waals surface area contributed by atoms with Crippen molar-refractivity contribution in [2.24, 2.45) is 5.73 Å². The summed E-state index contributed by atoms with van der Waals surface area (Å²) >= 11 is 0. The maximum atomic E-state index is 13.0. The van der Waals surface area contributed by atoms with Crippen LogP contribution < -0.4 is 15.4 Å². The van der Waals surface area contributed by atoms with Crippen molar-refractivity contribution in [1.82, 2.24) is 0 Å². The third-order valence-electron chi connectivity index (χ3n) is 3.73. The molecular formula is C18H20N2O5S. The van der Waals surface area contributed by atoms with Crippen molar-refractivity contribution in [2.75, 3.05) is 24.8 Å². The summed E-state index contributed by atoms with van der Waals surface area (Å²) in [7, 11) is -1.87. The Labute approximate surface area is 152 Å². The van der Waals surface area contributed by atoms with E-state index in [1.54, 1.807) is 24.3 Å². The molecule has 2 N–H and O–H groups in total. The Morgan fingerprint density at radius 3 is 2.23 bits per heavy atom. The lowest BCUT2D eigenvalue weighted by molar-refractivity contribution is -0.117. The number of nitrogens with two attached hydrogens (primary N) is 1. The first-order valence-corrected chi connectivity index (χ1v) is 9.66. The second-order valence-corrected chi connectivity index (χ2v) is 7.66. The molecule has 0 aromatic heterocycles. The van der Waals surface area contributed by atoms with E-state index in [2.05, 4.69) is 0 Å². The van der Waals surface area contributed by atoms with Gasteiger partial charge in [-0.1, -0.05) is 12.1 Å². The van der Waals surface area contributed by atoms with E-state index in [0.717, 1.165) is 6.26 Å².